The Bertz CT molecular complexity index is 2500. The Hall–Kier alpha value is -5.84. The molecule has 0 radical (unpaired) electrons. The van der Waals surface area contributed by atoms with E-state index in [1.807, 2.05) is 36.9 Å². The highest BCUT2D eigenvalue weighted by molar-refractivity contribution is 6.01. The van der Waals surface area contributed by atoms with E-state index in [0.29, 0.717) is 55.3 Å². The Kier molecular flexibility index (Phi) is 13.4. The molecule has 6 heterocycles. The summed E-state index contributed by atoms with van der Waals surface area (Å²) in [5, 5.41) is 9.62. The lowest BCUT2D eigenvalue weighted by Gasteiger charge is -2.39. The van der Waals surface area contributed by atoms with Crippen LogP contribution in [-0.2, 0) is 52.1 Å². The molecule has 2 N–H and O–H groups in total. The molecule has 5 aliphatic rings. The van der Waals surface area contributed by atoms with Crippen molar-refractivity contribution in [2.24, 2.45) is 24.6 Å². The maximum Gasteiger partial charge on any atom is 0.305 e. The molecule has 1 saturated carbocycles. The first-order chi connectivity index (χ1) is 32.2. The number of aryl methyl sites for hydroxylation is 2. The maximum atomic E-state index is 14.8. The predicted octanol–water partition coefficient (Wildman–Crippen LogP) is 6.55. The normalized spacial score (nSPS) is 20.3. The average molecular weight is 923 g/mol. The van der Waals surface area contributed by atoms with E-state index >= 15 is 0 Å². The molecule has 1 aliphatic carbocycles. The molecular weight excluding hydrogens is 859 g/mol. The van der Waals surface area contributed by atoms with Crippen molar-refractivity contribution in [3.05, 3.63) is 76.2 Å². The Morgan fingerprint density at radius 3 is 2.39 bits per heavy atom. The summed E-state index contributed by atoms with van der Waals surface area (Å²) < 4.78 is 38.7. The van der Waals surface area contributed by atoms with Crippen LogP contribution in [0.2, 0.25) is 0 Å². The van der Waals surface area contributed by atoms with Crippen LogP contribution in [0.15, 0.2) is 42.7 Å². The molecule has 358 valence electrons. The van der Waals surface area contributed by atoms with Gasteiger partial charge in [-0.1, -0.05) is 13.8 Å². The van der Waals surface area contributed by atoms with Gasteiger partial charge in [-0.2, -0.15) is 10.2 Å². The highest BCUT2D eigenvalue weighted by Crippen LogP contribution is 2.44. The van der Waals surface area contributed by atoms with Crippen LogP contribution in [0.1, 0.15) is 116 Å². The molecule has 4 aliphatic heterocycles. The average Bonchev–Trinajstić information content (AvgIpc) is 4.02. The fourth-order valence-electron chi connectivity index (χ4n) is 11.0. The third-order valence-electron chi connectivity index (χ3n) is 14.6. The number of nitrogens with zero attached hydrogens (tertiary/aromatic N) is 9. The summed E-state index contributed by atoms with van der Waals surface area (Å²) in [7, 11) is 1.79. The minimum absolute atomic E-state index is 0.00635. The Morgan fingerprint density at radius 2 is 1.70 bits per heavy atom. The number of nitrogens with two attached hydrogens (primary N) is 1. The number of benzene rings is 2. The molecule has 67 heavy (non-hydrogen) atoms. The fraction of sp³-hybridized carbons (Fsp3) is 0.560. The van der Waals surface area contributed by atoms with E-state index in [-0.39, 0.29) is 48.7 Å². The van der Waals surface area contributed by atoms with E-state index in [1.54, 1.807) is 37.1 Å². The smallest absolute Gasteiger partial charge is 0.305 e. The first-order valence-corrected chi connectivity index (χ1v) is 24.2. The van der Waals surface area contributed by atoms with Crippen molar-refractivity contribution in [3.63, 3.8) is 0 Å². The van der Waals surface area contributed by atoms with Crippen LogP contribution >= 0.6 is 0 Å². The lowest BCUT2D eigenvalue weighted by atomic mass is 9.85. The van der Waals surface area contributed by atoms with Gasteiger partial charge in [0.2, 0.25) is 11.8 Å². The Morgan fingerprint density at radius 1 is 0.925 bits per heavy atom. The van der Waals surface area contributed by atoms with Crippen LogP contribution in [-0.4, -0.2) is 116 Å². The van der Waals surface area contributed by atoms with Gasteiger partial charge in [-0.15, -0.1) is 0 Å². The molecule has 17 heteroatoms. The van der Waals surface area contributed by atoms with Gasteiger partial charge in [-0.3, -0.25) is 33.4 Å². The summed E-state index contributed by atoms with van der Waals surface area (Å²) in [6.07, 6.45) is 7.38. The lowest BCUT2D eigenvalue weighted by Crippen LogP contribution is -2.48. The Labute approximate surface area is 391 Å². The summed E-state index contributed by atoms with van der Waals surface area (Å²) in [6.45, 7) is 12.4. The highest BCUT2D eigenvalue weighted by Gasteiger charge is 2.38. The van der Waals surface area contributed by atoms with Crippen molar-refractivity contribution in [3.8, 4) is 11.1 Å². The SMILES string of the molecule is CC(=O)N1CCc2c(c(N3CCCc4cc(-c5cnn(C)c5)c(C(F)F)cc43)nn2C2CCC(CN3CCN(c4ccc5c(c4)CN(C(CCC(=O)OCC(C)C)C(N)=O)C5=O)CC3)CC2)C1. The second-order valence-electron chi connectivity index (χ2n) is 19.7. The first kappa shape index (κ1) is 46.3. The molecule has 2 aromatic heterocycles. The van der Waals surface area contributed by atoms with E-state index in [4.69, 9.17) is 15.6 Å². The number of amides is 3. The number of carbonyl (C=O) groups is 4. The number of hydrogen-bond acceptors (Lipinski definition) is 10. The van der Waals surface area contributed by atoms with Crippen molar-refractivity contribution in [2.75, 3.05) is 62.2 Å². The molecule has 0 bridgehead atoms. The highest BCUT2D eigenvalue weighted by atomic mass is 19.3. The summed E-state index contributed by atoms with van der Waals surface area (Å²) >= 11 is 0. The second kappa shape index (κ2) is 19.4. The molecule has 4 aromatic rings. The predicted molar refractivity (Wildman–Crippen MR) is 250 cm³/mol. The van der Waals surface area contributed by atoms with Gasteiger partial charge in [-0.25, -0.2) is 8.78 Å². The Balaban J connectivity index is 0.828. The van der Waals surface area contributed by atoms with Gasteiger partial charge in [-0.05, 0) is 104 Å². The zero-order valence-electron chi connectivity index (χ0n) is 39.3. The van der Waals surface area contributed by atoms with Gasteiger partial charge >= 0.3 is 5.97 Å². The first-order valence-electron chi connectivity index (χ1n) is 24.2. The number of piperazine rings is 1. The number of primary amides is 1. The molecule has 1 atom stereocenters. The van der Waals surface area contributed by atoms with Crippen molar-refractivity contribution < 1.29 is 32.7 Å². The topological polar surface area (TPSA) is 155 Å². The molecule has 0 spiro atoms. The number of hydrogen-bond donors (Lipinski definition) is 1. The summed E-state index contributed by atoms with van der Waals surface area (Å²) in [4.78, 5) is 61.3. The zero-order valence-corrected chi connectivity index (χ0v) is 39.3. The number of rotatable bonds is 14. The molecule has 1 unspecified atom stereocenters. The maximum absolute atomic E-state index is 14.8. The summed E-state index contributed by atoms with van der Waals surface area (Å²) in [5.74, 6) is 0.279. The van der Waals surface area contributed by atoms with Crippen LogP contribution in [0, 0.1) is 11.8 Å². The summed E-state index contributed by atoms with van der Waals surface area (Å²) in [5.41, 5.74) is 13.4. The number of esters is 1. The fourth-order valence-corrected chi connectivity index (χ4v) is 11.0. The summed E-state index contributed by atoms with van der Waals surface area (Å²) in [6, 6.07) is 8.79. The van der Waals surface area contributed by atoms with Gasteiger partial charge in [0.25, 0.3) is 12.3 Å². The minimum atomic E-state index is -2.66. The second-order valence-corrected chi connectivity index (χ2v) is 19.7. The van der Waals surface area contributed by atoms with E-state index < -0.39 is 24.3 Å². The largest absolute Gasteiger partial charge is 0.465 e. The van der Waals surface area contributed by atoms with Crippen molar-refractivity contribution >= 4 is 40.9 Å². The molecule has 9 rings (SSSR count). The number of ether oxygens (including phenoxy) is 1. The number of carbonyl (C=O) groups excluding carboxylic acids is 4. The van der Waals surface area contributed by atoms with Crippen LogP contribution in [0.4, 0.5) is 26.0 Å². The molecule has 3 amide bonds. The lowest BCUT2D eigenvalue weighted by molar-refractivity contribution is -0.145. The number of fused-ring (bicyclic) bond motifs is 3. The van der Waals surface area contributed by atoms with Crippen molar-refractivity contribution in [1.82, 2.24) is 34.3 Å². The number of alkyl halides is 2. The number of aromatic nitrogens is 4. The molecule has 2 aromatic carbocycles. The third kappa shape index (κ3) is 9.66. The number of halogens is 2. The van der Waals surface area contributed by atoms with Gasteiger partial charge < -0.3 is 30.1 Å². The van der Waals surface area contributed by atoms with Crippen molar-refractivity contribution in [2.45, 2.75) is 110 Å². The third-order valence-corrected chi connectivity index (χ3v) is 14.6. The van der Waals surface area contributed by atoms with Crippen LogP contribution in [0.5, 0.6) is 0 Å². The zero-order chi connectivity index (χ0) is 47.1. The quantitative estimate of drug-likeness (QED) is 0.138. The van der Waals surface area contributed by atoms with Gasteiger partial charge in [0.1, 0.15) is 6.04 Å². The van der Waals surface area contributed by atoms with Crippen LogP contribution < -0.4 is 15.5 Å². The van der Waals surface area contributed by atoms with Crippen molar-refractivity contribution in [1.29, 1.82) is 0 Å². The van der Waals surface area contributed by atoms with Gasteiger partial charge in [0.05, 0.1) is 25.4 Å². The van der Waals surface area contributed by atoms with Gasteiger partial charge in [0, 0.05) is 125 Å². The molecule has 1 saturated heterocycles. The van der Waals surface area contributed by atoms with E-state index in [9.17, 15) is 28.0 Å². The van der Waals surface area contributed by atoms with E-state index in [0.717, 1.165) is 111 Å². The standard InChI is InChI=1S/C50H64F2N10O5/c1-31(2)30-67-46(64)14-13-44(48(53)65)61-28-35-22-38(11-12-39(35)50(61)66)58-20-18-57(19-21-58)26-33-7-9-37(10-8-33)62-43-15-17-59(32(3)63)29-42(43)49(55-62)60-16-5-6-34-23-40(36-25-54-56(4)27-36)41(47(51)52)24-45(34)60/h11-12,22-25,27,31,33,37,44,47H,5-10,13-21,26,28-30H2,1-4H3,(H2,53,65). The molecular formula is C50H64F2N10O5. The van der Waals surface area contributed by atoms with Crippen LogP contribution in [0.25, 0.3) is 11.1 Å². The number of anilines is 3. The van der Waals surface area contributed by atoms with E-state index in [2.05, 4.69) is 30.5 Å². The van der Waals surface area contributed by atoms with Gasteiger partial charge in [0.15, 0.2) is 5.82 Å². The van der Waals surface area contributed by atoms with Crippen LogP contribution in [0.3, 0.4) is 0 Å². The molecule has 15 nitrogen and oxygen atoms in total. The minimum Gasteiger partial charge on any atom is -0.465 e. The van der Waals surface area contributed by atoms with E-state index in [1.165, 1.54) is 4.90 Å². The molecule has 2 fully saturated rings. The monoisotopic (exact) mass is 923 g/mol.